The van der Waals surface area contributed by atoms with Crippen LogP contribution in [0.15, 0.2) is 11.6 Å². The van der Waals surface area contributed by atoms with Crippen LogP contribution in [0.4, 0.5) is 0 Å². The molecule has 0 spiro atoms. The summed E-state index contributed by atoms with van der Waals surface area (Å²) in [7, 11) is 0. The molecule has 0 heteroatoms. The number of rotatable bonds is 3. The van der Waals surface area contributed by atoms with Gasteiger partial charge in [0, 0.05) is 0 Å². The second-order valence-corrected chi connectivity index (χ2v) is 4.28. The van der Waals surface area contributed by atoms with E-state index in [0.29, 0.717) is 5.41 Å². The van der Waals surface area contributed by atoms with Gasteiger partial charge in [-0.15, -0.1) is 0 Å². The molecule has 0 aromatic rings. The Morgan fingerprint density at radius 3 is 2.18 bits per heavy atom. The summed E-state index contributed by atoms with van der Waals surface area (Å²) in [6.45, 7) is 11.3. The molecule has 0 unspecified atom stereocenters. The Bertz CT molecular complexity index is 123. The lowest BCUT2D eigenvalue weighted by Crippen LogP contribution is -2.06. The molecule has 0 radical (unpaired) electrons. The van der Waals surface area contributed by atoms with Gasteiger partial charge in [0.05, 0.1) is 0 Å². The molecule has 0 fully saturated rings. The molecule has 0 aromatic heterocycles. The van der Waals surface area contributed by atoms with Gasteiger partial charge in [-0.3, -0.25) is 0 Å². The van der Waals surface area contributed by atoms with Crippen molar-refractivity contribution in [2.45, 2.75) is 53.9 Å². The van der Waals surface area contributed by atoms with Crippen molar-refractivity contribution in [3.05, 3.63) is 11.6 Å². The smallest absolute Gasteiger partial charge is 0.0176 e. The Morgan fingerprint density at radius 1 is 1.27 bits per heavy atom. The summed E-state index contributed by atoms with van der Waals surface area (Å²) in [6.07, 6.45) is 6.25. The van der Waals surface area contributed by atoms with Crippen molar-refractivity contribution < 1.29 is 0 Å². The molecule has 0 bridgehead atoms. The molecule has 0 saturated carbocycles. The molecule has 0 nitrogen and oxygen atoms in total. The van der Waals surface area contributed by atoms with Crippen molar-refractivity contribution in [1.29, 1.82) is 0 Å². The maximum absolute atomic E-state index is 2.38. The van der Waals surface area contributed by atoms with Crippen molar-refractivity contribution in [3.8, 4) is 0 Å². The summed E-state index contributed by atoms with van der Waals surface area (Å²) in [4.78, 5) is 0. The number of hydrogen-bond acceptors (Lipinski definition) is 0. The van der Waals surface area contributed by atoms with Gasteiger partial charge in [-0.1, -0.05) is 52.2 Å². The average Bonchev–Trinajstić information content (AvgIpc) is 1.86. The summed E-state index contributed by atoms with van der Waals surface area (Å²) in [6, 6.07) is 0. The average molecular weight is 154 g/mol. The molecular weight excluding hydrogens is 132 g/mol. The van der Waals surface area contributed by atoms with Gasteiger partial charge in [-0.05, 0) is 18.8 Å². The first kappa shape index (κ1) is 10.7. The van der Waals surface area contributed by atoms with E-state index in [1.54, 1.807) is 0 Å². The second kappa shape index (κ2) is 4.58. The van der Waals surface area contributed by atoms with E-state index < -0.39 is 0 Å². The molecular formula is C11H22. The van der Waals surface area contributed by atoms with E-state index in [1.165, 1.54) is 24.8 Å². The van der Waals surface area contributed by atoms with E-state index in [2.05, 4.69) is 40.7 Å². The summed E-state index contributed by atoms with van der Waals surface area (Å²) in [5.74, 6) is 0. The first-order chi connectivity index (χ1) is 4.98. The van der Waals surface area contributed by atoms with Gasteiger partial charge in [0.15, 0.2) is 0 Å². The van der Waals surface area contributed by atoms with Crippen molar-refractivity contribution in [2.75, 3.05) is 0 Å². The van der Waals surface area contributed by atoms with E-state index in [4.69, 9.17) is 0 Å². The predicted molar refractivity (Wildman–Crippen MR) is 52.7 cm³/mol. The Labute approximate surface area is 71.7 Å². The van der Waals surface area contributed by atoms with Crippen LogP contribution >= 0.6 is 0 Å². The fourth-order valence-corrected chi connectivity index (χ4v) is 0.829. The fourth-order valence-electron chi connectivity index (χ4n) is 0.829. The minimum Gasteiger partial charge on any atom is -0.0851 e. The zero-order valence-corrected chi connectivity index (χ0v) is 8.70. The molecule has 0 aliphatic rings. The Morgan fingerprint density at radius 2 is 1.82 bits per heavy atom. The third kappa shape index (κ3) is 5.06. The molecule has 0 rings (SSSR count). The predicted octanol–water partition coefficient (Wildman–Crippen LogP) is 4.17. The fraction of sp³-hybridized carbons (Fsp3) is 0.818. The molecule has 0 atom stereocenters. The van der Waals surface area contributed by atoms with Crippen molar-refractivity contribution in [3.63, 3.8) is 0 Å². The molecule has 0 aliphatic carbocycles. The van der Waals surface area contributed by atoms with E-state index >= 15 is 0 Å². The van der Waals surface area contributed by atoms with Crippen LogP contribution in [0.5, 0.6) is 0 Å². The molecule has 0 amide bonds. The highest BCUT2D eigenvalue weighted by Gasteiger charge is 2.10. The Balaban J connectivity index is 3.81. The van der Waals surface area contributed by atoms with Crippen LogP contribution in [0.1, 0.15) is 53.9 Å². The van der Waals surface area contributed by atoms with Crippen LogP contribution in [0.2, 0.25) is 0 Å². The topological polar surface area (TPSA) is 0 Å². The van der Waals surface area contributed by atoms with Crippen molar-refractivity contribution in [2.24, 2.45) is 5.41 Å². The molecule has 0 aliphatic heterocycles. The first-order valence-electron chi connectivity index (χ1n) is 4.65. The lowest BCUT2D eigenvalue weighted by atomic mass is 9.87. The Kier molecular flexibility index (Phi) is 4.48. The zero-order valence-electron chi connectivity index (χ0n) is 8.70. The lowest BCUT2D eigenvalue weighted by Gasteiger charge is -2.19. The Hall–Kier alpha value is -0.260. The molecule has 66 valence electrons. The second-order valence-electron chi connectivity index (χ2n) is 4.28. The zero-order chi connectivity index (χ0) is 8.91. The normalized spacial score (nSPS) is 13.7. The standard InChI is InChI=1S/C11H22/c1-6-7-8-9-10(2)11(3,4)5/h9H,6-8H2,1-5H3/b10-9+. The molecule has 0 saturated heterocycles. The third-order valence-corrected chi connectivity index (χ3v) is 2.19. The van der Waals surface area contributed by atoms with Crippen LogP contribution < -0.4 is 0 Å². The maximum atomic E-state index is 2.38. The van der Waals surface area contributed by atoms with Crippen LogP contribution in [0.3, 0.4) is 0 Å². The van der Waals surface area contributed by atoms with E-state index in [0.717, 1.165) is 0 Å². The quantitative estimate of drug-likeness (QED) is 0.423. The molecule has 0 heterocycles. The highest BCUT2D eigenvalue weighted by molar-refractivity contribution is 5.06. The summed E-state index contributed by atoms with van der Waals surface area (Å²) in [5, 5.41) is 0. The summed E-state index contributed by atoms with van der Waals surface area (Å²) >= 11 is 0. The van der Waals surface area contributed by atoms with Crippen LogP contribution in [-0.4, -0.2) is 0 Å². The van der Waals surface area contributed by atoms with Gasteiger partial charge in [0.25, 0.3) is 0 Å². The number of unbranched alkanes of at least 4 members (excludes halogenated alkanes) is 2. The van der Waals surface area contributed by atoms with Crippen molar-refractivity contribution >= 4 is 0 Å². The van der Waals surface area contributed by atoms with Gasteiger partial charge >= 0.3 is 0 Å². The highest BCUT2D eigenvalue weighted by Crippen LogP contribution is 2.24. The monoisotopic (exact) mass is 154 g/mol. The maximum Gasteiger partial charge on any atom is -0.0176 e. The van der Waals surface area contributed by atoms with Gasteiger partial charge in [-0.2, -0.15) is 0 Å². The minimum absolute atomic E-state index is 0.369. The van der Waals surface area contributed by atoms with Crippen LogP contribution in [-0.2, 0) is 0 Å². The molecule has 0 N–H and O–H groups in total. The van der Waals surface area contributed by atoms with Crippen LogP contribution in [0.25, 0.3) is 0 Å². The van der Waals surface area contributed by atoms with E-state index in [-0.39, 0.29) is 0 Å². The molecule has 11 heavy (non-hydrogen) atoms. The van der Waals surface area contributed by atoms with Gasteiger partial charge in [0.1, 0.15) is 0 Å². The van der Waals surface area contributed by atoms with Crippen LogP contribution in [0, 0.1) is 5.41 Å². The van der Waals surface area contributed by atoms with Gasteiger partial charge < -0.3 is 0 Å². The summed E-state index contributed by atoms with van der Waals surface area (Å²) in [5.41, 5.74) is 1.89. The lowest BCUT2D eigenvalue weighted by molar-refractivity contribution is 0.500. The number of allylic oxidation sites excluding steroid dienone is 2. The highest BCUT2D eigenvalue weighted by atomic mass is 14.2. The third-order valence-electron chi connectivity index (χ3n) is 2.19. The van der Waals surface area contributed by atoms with Gasteiger partial charge in [0.2, 0.25) is 0 Å². The largest absolute Gasteiger partial charge is 0.0851 e. The van der Waals surface area contributed by atoms with Gasteiger partial charge in [-0.25, -0.2) is 0 Å². The van der Waals surface area contributed by atoms with Crippen molar-refractivity contribution in [1.82, 2.24) is 0 Å². The van der Waals surface area contributed by atoms with E-state index in [9.17, 15) is 0 Å². The first-order valence-corrected chi connectivity index (χ1v) is 4.65. The SMILES string of the molecule is CCCC/C=C(\C)C(C)(C)C. The van der Waals surface area contributed by atoms with E-state index in [1.807, 2.05) is 0 Å². The molecule has 0 aromatic carbocycles. The summed E-state index contributed by atoms with van der Waals surface area (Å²) < 4.78 is 0. The minimum atomic E-state index is 0.369. The number of hydrogen-bond donors (Lipinski definition) is 0.